The molecule has 1 aliphatic rings. The van der Waals surface area contributed by atoms with Gasteiger partial charge in [0.25, 0.3) is 0 Å². The van der Waals surface area contributed by atoms with E-state index in [1.54, 1.807) is 6.26 Å². The fourth-order valence-corrected chi connectivity index (χ4v) is 1.96. The molecule has 0 unspecified atom stereocenters. The van der Waals surface area contributed by atoms with Crippen molar-refractivity contribution < 1.29 is 9.15 Å². The van der Waals surface area contributed by atoms with Crippen LogP contribution < -0.4 is 10.1 Å². The molecule has 5 heteroatoms. The molecule has 0 radical (unpaired) electrons. The van der Waals surface area contributed by atoms with Crippen molar-refractivity contribution in [3.05, 3.63) is 46.8 Å². The zero-order valence-corrected chi connectivity index (χ0v) is 11.2. The lowest BCUT2D eigenvalue weighted by Gasteiger charge is -2.01. The number of oxazole rings is 1. The van der Waals surface area contributed by atoms with Crippen molar-refractivity contribution in [3.63, 3.8) is 0 Å². The van der Waals surface area contributed by atoms with Crippen LogP contribution in [-0.2, 0) is 13.2 Å². The molecular formula is C14H15ClN2O2. The number of rotatable bonds is 6. The highest BCUT2D eigenvalue weighted by Gasteiger charge is 2.20. The second kappa shape index (κ2) is 5.63. The molecule has 0 atom stereocenters. The predicted molar refractivity (Wildman–Crippen MR) is 72.1 cm³/mol. The van der Waals surface area contributed by atoms with Crippen LogP contribution in [0.2, 0.25) is 5.02 Å². The second-order valence-corrected chi connectivity index (χ2v) is 5.11. The molecule has 4 nitrogen and oxygen atoms in total. The summed E-state index contributed by atoms with van der Waals surface area (Å²) in [5, 5.41) is 4.07. The van der Waals surface area contributed by atoms with E-state index in [0.717, 1.165) is 17.8 Å². The van der Waals surface area contributed by atoms with Gasteiger partial charge in [-0.05, 0) is 30.5 Å². The minimum absolute atomic E-state index is 0.299. The zero-order chi connectivity index (χ0) is 13.1. The first-order chi connectivity index (χ1) is 9.29. The van der Waals surface area contributed by atoms with Crippen LogP contribution in [0.5, 0.6) is 6.08 Å². The summed E-state index contributed by atoms with van der Waals surface area (Å²) in [5.41, 5.74) is 1.86. The Labute approximate surface area is 116 Å². The summed E-state index contributed by atoms with van der Waals surface area (Å²) < 4.78 is 10.7. The third-order valence-electron chi connectivity index (χ3n) is 2.93. The second-order valence-electron chi connectivity index (χ2n) is 4.68. The maximum absolute atomic E-state index is 5.90. The lowest BCUT2D eigenvalue weighted by molar-refractivity contribution is 0.220. The van der Waals surface area contributed by atoms with Crippen LogP contribution in [-0.4, -0.2) is 11.0 Å². The molecule has 1 N–H and O–H groups in total. The highest BCUT2D eigenvalue weighted by Crippen LogP contribution is 2.20. The molecule has 1 heterocycles. The quantitative estimate of drug-likeness (QED) is 0.882. The van der Waals surface area contributed by atoms with Crippen molar-refractivity contribution in [1.29, 1.82) is 0 Å². The fraction of sp³-hybridized carbons (Fsp3) is 0.357. The first-order valence-corrected chi connectivity index (χ1v) is 6.72. The third kappa shape index (κ3) is 3.72. The predicted octanol–water partition coefficient (Wildman–Crippen LogP) is 3.16. The fourth-order valence-electron chi connectivity index (χ4n) is 1.74. The summed E-state index contributed by atoms with van der Waals surface area (Å²) in [5.74, 6) is 0. The molecule has 1 aromatic carbocycles. The Kier molecular flexibility index (Phi) is 3.71. The molecule has 1 aliphatic carbocycles. The number of hydrogen-bond donors (Lipinski definition) is 1. The largest absolute Gasteiger partial charge is 0.445 e. The Bertz CT molecular complexity index is 552. The molecule has 100 valence electrons. The number of ether oxygens (including phenoxy) is 1. The van der Waals surface area contributed by atoms with Crippen LogP contribution in [0.1, 0.15) is 24.1 Å². The maximum Gasteiger partial charge on any atom is 0.394 e. The van der Waals surface area contributed by atoms with Crippen molar-refractivity contribution >= 4 is 11.6 Å². The van der Waals surface area contributed by atoms with Gasteiger partial charge >= 0.3 is 6.08 Å². The SMILES string of the molecule is Clc1cccc(COc2nc(CNC3CC3)co2)c1. The van der Waals surface area contributed by atoms with Gasteiger partial charge in [-0.2, -0.15) is 4.98 Å². The van der Waals surface area contributed by atoms with E-state index in [0.29, 0.717) is 23.7 Å². The average Bonchev–Trinajstić information content (AvgIpc) is 3.13. The van der Waals surface area contributed by atoms with E-state index in [1.807, 2.05) is 24.3 Å². The van der Waals surface area contributed by atoms with Gasteiger partial charge in [0.05, 0.1) is 5.69 Å². The molecule has 1 fully saturated rings. The minimum atomic E-state index is 0.299. The first kappa shape index (κ1) is 12.5. The Hall–Kier alpha value is -1.52. The number of nitrogens with zero attached hydrogens (tertiary/aromatic N) is 1. The highest BCUT2D eigenvalue weighted by atomic mass is 35.5. The molecule has 2 aromatic rings. The van der Waals surface area contributed by atoms with Gasteiger partial charge in [-0.3, -0.25) is 0 Å². The van der Waals surface area contributed by atoms with Crippen LogP contribution in [0.25, 0.3) is 0 Å². The van der Waals surface area contributed by atoms with Gasteiger partial charge in [0.1, 0.15) is 12.9 Å². The van der Waals surface area contributed by atoms with E-state index >= 15 is 0 Å². The molecule has 0 amide bonds. The molecule has 0 bridgehead atoms. The van der Waals surface area contributed by atoms with Crippen LogP contribution >= 0.6 is 11.6 Å². The van der Waals surface area contributed by atoms with E-state index in [2.05, 4.69) is 10.3 Å². The molecule has 0 spiro atoms. The van der Waals surface area contributed by atoms with Crippen LogP contribution in [0.4, 0.5) is 0 Å². The number of benzene rings is 1. The van der Waals surface area contributed by atoms with Crippen molar-refractivity contribution in [2.75, 3.05) is 0 Å². The smallest absolute Gasteiger partial charge is 0.394 e. The van der Waals surface area contributed by atoms with Crippen molar-refractivity contribution in [2.45, 2.75) is 32.0 Å². The van der Waals surface area contributed by atoms with Gasteiger partial charge < -0.3 is 14.5 Å². The lowest BCUT2D eigenvalue weighted by atomic mass is 10.2. The van der Waals surface area contributed by atoms with Crippen LogP contribution in [0.3, 0.4) is 0 Å². The van der Waals surface area contributed by atoms with Gasteiger partial charge in [-0.25, -0.2) is 0 Å². The summed E-state index contributed by atoms with van der Waals surface area (Å²) in [6, 6.07) is 8.19. The van der Waals surface area contributed by atoms with Crippen LogP contribution in [0.15, 0.2) is 34.9 Å². The molecule has 1 saturated carbocycles. The van der Waals surface area contributed by atoms with E-state index in [1.165, 1.54) is 12.8 Å². The topological polar surface area (TPSA) is 47.3 Å². The molecule has 3 rings (SSSR count). The summed E-state index contributed by atoms with van der Waals surface area (Å²) in [6.07, 6.45) is 4.45. The standard InChI is InChI=1S/C14H15ClN2O2/c15-11-3-1-2-10(6-11)8-18-14-17-13(9-19-14)7-16-12-4-5-12/h1-3,6,9,12,16H,4-5,7-8H2. The highest BCUT2D eigenvalue weighted by molar-refractivity contribution is 6.30. The van der Waals surface area contributed by atoms with Crippen molar-refractivity contribution in [3.8, 4) is 6.08 Å². The van der Waals surface area contributed by atoms with Crippen molar-refractivity contribution in [2.24, 2.45) is 0 Å². The summed E-state index contributed by atoms with van der Waals surface area (Å²) in [7, 11) is 0. The Balaban J connectivity index is 1.51. The summed E-state index contributed by atoms with van der Waals surface area (Å²) >= 11 is 5.90. The first-order valence-electron chi connectivity index (χ1n) is 6.34. The normalized spacial score (nSPS) is 14.6. The van der Waals surface area contributed by atoms with Gasteiger partial charge in [0, 0.05) is 17.6 Å². The zero-order valence-electron chi connectivity index (χ0n) is 10.4. The molecule has 0 aliphatic heterocycles. The third-order valence-corrected chi connectivity index (χ3v) is 3.17. The average molecular weight is 279 g/mol. The summed E-state index contributed by atoms with van der Waals surface area (Å²) in [4.78, 5) is 4.26. The van der Waals surface area contributed by atoms with Gasteiger partial charge in [0.15, 0.2) is 0 Å². The lowest BCUT2D eigenvalue weighted by Crippen LogP contribution is -2.15. The van der Waals surface area contributed by atoms with Crippen molar-refractivity contribution in [1.82, 2.24) is 10.3 Å². The molecule has 1 aromatic heterocycles. The molecule has 0 saturated heterocycles. The number of aromatic nitrogens is 1. The van der Waals surface area contributed by atoms with E-state index < -0.39 is 0 Å². The summed E-state index contributed by atoms with van der Waals surface area (Å²) in [6.45, 7) is 1.13. The van der Waals surface area contributed by atoms with Gasteiger partial charge in [-0.15, -0.1) is 0 Å². The molecular weight excluding hydrogens is 264 g/mol. The number of halogens is 1. The number of nitrogens with one attached hydrogen (secondary N) is 1. The Morgan fingerprint density at radius 3 is 3.11 bits per heavy atom. The maximum atomic E-state index is 5.90. The monoisotopic (exact) mass is 278 g/mol. The van der Waals surface area contributed by atoms with Gasteiger partial charge in [0.2, 0.25) is 0 Å². The van der Waals surface area contributed by atoms with E-state index in [4.69, 9.17) is 20.8 Å². The number of hydrogen-bond acceptors (Lipinski definition) is 4. The van der Waals surface area contributed by atoms with Crippen LogP contribution in [0, 0.1) is 0 Å². The van der Waals surface area contributed by atoms with E-state index in [9.17, 15) is 0 Å². The Morgan fingerprint density at radius 1 is 1.42 bits per heavy atom. The Morgan fingerprint density at radius 2 is 2.32 bits per heavy atom. The molecule has 19 heavy (non-hydrogen) atoms. The van der Waals surface area contributed by atoms with E-state index in [-0.39, 0.29) is 0 Å². The minimum Gasteiger partial charge on any atom is -0.445 e. The van der Waals surface area contributed by atoms with Gasteiger partial charge in [-0.1, -0.05) is 23.7 Å².